The summed E-state index contributed by atoms with van der Waals surface area (Å²) in [5.41, 5.74) is 5.01. The zero-order valence-electron chi connectivity index (χ0n) is 15.4. The van der Waals surface area contributed by atoms with Gasteiger partial charge in [-0.1, -0.05) is 66.2 Å². The van der Waals surface area contributed by atoms with Crippen molar-refractivity contribution in [1.29, 1.82) is 0 Å². The Morgan fingerprint density at radius 3 is 2.41 bits per heavy atom. The molecule has 2 aromatic heterocycles. The van der Waals surface area contributed by atoms with Crippen molar-refractivity contribution in [3.05, 3.63) is 65.7 Å². The summed E-state index contributed by atoms with van der Waals surface area (Å²) in [6.07, 6.45) is -1.12. The van der Waals surface area contributed by atoms with Crippen molar-refractivity contribution in [2.45, 2.75) is 12.2 Å². The normalized spacial score (nSPS) is 19.0. The van der Waals surface area contributed by atoms with Gasteiger partial charge in [-0.05, 0) is 17.2 Å². The lowest BCUT2D eigenvalue weighted by molar-refractivity contribution is 0.0679. The number of aliphatic hydroxyl groups is 1. The van der Waals surface area contributed by atoms with Crippen LogP contribution < -0.4 is 4.74 Å². The number of halogens is 1. The summed E-state index contributed by atoms with van der Waals surface area (Å²) in [5, 5.41) is 10.4. The monoisotopic (exact) mass is 407 g/mol. The maximum Gasteiger partial charge on any atom is 0.296 e. The number of nitrogens with zero attached hydrogens (tertiary/aromatic N) is 2. The number of rotatable bonds is 4. The van der Waals surface area contributed by atoms with E-state index in [9.17, 15) is 5.11 Å². The highest BCUT2D eigenvalue weighted by Gasteiger charge is 2.29. The van der Waals surface area contributed by atoms with E-state index in [-0.39, 0.29) is 12.6 Å². The standard InChI is InChI=1S/C22H18ClN3O3/c23-16-10-17-21(26-22(24-17)29-19-12-28-11-18(19)27)25-20(16)15-8-6-14(7-9-15)13-4-2-1-3-5-13/h1-10,18-19,27H,11-12H2,(H,24,25,26)/t18-,19-/m1/s1. The van der Waals surface area contributed by atoms with E-state index in [1.165, 1.54) is 0 Å². The number of aromatic nitrogens is 3. The van der Waals surface area contributed by atoms with Gasteiger partial charge in [0.1, 0.15) is 6.10 Å². The van der Waals surface area contributed by atoms with E-state index in [1.54, 1.807) is 6.07 Å². The summed E-state index contributed by atoms with van der Waals surface area (Å²) in [6.45, 7) is 0.587. The molecule has 6 nitrogen and oxygen atoms in total. The van der Waals surface area contributed by atoms with Crippen LogP contribution in [0.4, 0.5) is 0 Å². The van der Waals surface area contributed by atoms with E-state index in [1.807, 2.05) is 42.5 Å². The van der Waals surface area contributed by atoms with Gasteiger partial charge in [0.25, 0.3) is 6.01 Å². The first-order chi connectivity index (χ1) is 14.2. The minimum atomic E-state index is -0.668. The predicted octanol–water partition coefficient (Wildman–Crippen LogP) is 4.08. The van der Waals surface area contributed by atoms with E-state index in [0.29, 0.717) is 28.5 Å². The molecule has 1 aliphatic heterocycles. The van der Waals surface area contributed by atoms with Crippen LogP contribution in [0.15, 0.2) is 60.7 Å². The van der Waals surface area contributed by atoms with Crippen molar-refractivity contribution < 1.29 is 14.6 Å². The molecule has 2 N–H and O–H groups in total. The third-order valence-electron chi connectivity index (χ3n) is 4.93. The van der Waals surface area contributed by atoms with Crippen LogP contribution in [0.25, 0.3) is 33.5 Å². The third kappa shape index (κ3) is 3.58. The quantitative estimate of drug-likeness (QED) is 0.532. The van der Waals surface area contributed by atoms with E-state index in [0.717, 1.165) is 16.7 Å². The van der Waals surface area contributed by atoms with E-state index < -0.39 is 12.2 Å². The minimum Gasteiger partial charge on any atom is -0.456 e. The largest absolute Gasteiger partial charge is 0.456 e. The van der Waals surface area contributed by atoms with Gasteiger partial charge >= 0.3 is 0 Å². The Morgan fingerprint density at radius 2 is 1.69 bits per heavy atom. The Kier molecular flexibility index (Phi) is 4.67. The molecule has 0 saturated carbocycles. The lowest BCUT2D eigenvalue weighted by Gasteiger charge is -2.11. The number of nitrogens with one attached hydrogen (secondary N) is 1. The number of imidazole rings is 1. The molecule has 1 saturated heterocycles. The van der Waals surface area contributed by atoms with Crippen LogP contribution in [0, 0.1) is 0 Å². The van der Waals surface area contributed by atoms with Crippen molar-refractivity contribution in [3.8, 4) is 28.4 Å². The van der Waals surface area contributed by atoms with Crippen molar-refractivity contribution >= 4 is 22.8 Å². The van der Waals surface area contributed by atoms with Crippen molar-refractivity contribution in [2.75, 3.05) is 13.2 Å². The fourth-order valence-electron chi connectivity index (χ4n) is 3.38. The van der Waals surface area contributed by atoms with Gasteiger partial charge in [0.15, 0.2) is 11.8 Å². The van der Waals surface area contributed by atoms with Gasteiger partial charge < -0.3 is 19.6 Å². The Hall–Kier alpha value is -2.93. The Bertz CT molecular complexity index is 1150. The molecule has 1 aliphatic rings. The smallest absolute Gasteiger partial charge is 0.296 e. The maximum atomic E-state index is 9.84. The number of aromatic amines is 1. The lowest BCUT2D eigenvalue weighted by atomic mass is 10.0. The van der Waals surface area contributed by atoms with Crippen LogP contribution in [-0.2, 0) is 4.74 Å². The van der Waals surface area contributed by atoms with Crippen LogP contribution in [-0.4, -0.2) is 45.5 Å². The minimum absolute atomic E-state index is 0.262. The first-order valence-corrected chi connectivity index (χ1v) is 9.70. The number of fused-ring (bicyclic) bond motifs is 1. The molecule has 1 fully saturated rings. The molecule has 7 heteroatoms. The van der Waals surface area contributed by atoms with Crippen molar-refractivity contribution in [3.63, 3.8) is 0 Å². The maximum absolute atomic E-state index is 9.84. The van der Waals surface area contributed by atoms with Gasteiger partial charge in [-0.3, -0.25) is 0 Å². The highest BCUT2D eigenvalue weighted by Crippen LogP contribution is 2.31. The van der Waals surface area contributed by atoms with Gasteiger partial charge in [-0.15, -0.1) is 0 Å². The molecule has 0 spiro atoms. The second-order valence-electron chi connectivity index (χ2n) is 6.94. The average molecular weight is 408 g/mol. The fraction of sp³-hybridized carbons (Fsp3) is 0.182. The molecule has 0 unspecified atom stereocenters. The van der Waals surface area contributed by atoms with Gasteiger partial charge in [-0.25, -0.2) is 4.98 Å². The summed E-state index contributed by atoms with van der Waals surface area (Å²) in [5.74, 6) is 0. The molecule has 3 heterocycles. The van der Waals surface area contributed by atoms with E-state index in [2.05, 4.69) is 27.1 Å². The highest BCUT2D eigenvalue weighted by atomic mass is 35.5. The van der Waals surface area contributed by atoms with E-state index >= 15 is 0 Å². The van der Waals surface area contributed by atoms with Gasteiger partial charge in [0.2, 0.25) is 0 Å². The molecule has 29 heavy (non-hydrogen) atoms. The zero-order valence-corrected chi connectivity index (χ0v) is 16.1. The molecule has 0 amide bonds. The molecule has 4 aromatic rings. The summed E-state index contributed by atoms with van der Waals surface area (Å²) < 4.78 is 10.9. The van der Waals surface area contributed by atoms with Crippen molar-refractivity contribution in [1.82, 2.24) is 15.0 Å². The van der Waals surface area contributed by atoms with Crippen LogP contribution in [0.5, 0.6) is 6.01 Å². The fourth-order valence-corrected chi connectivity index (χ4v) is 3.64. The Morgan fingerprint density at radius 1 is 0.966 bits per heavy atom. The number of ether oxygens (including phenoxy) is 2. The number of hydrogen-bond acceptors (Lipinski definition) is 5. The molecule has 0 aliphatic carbocycles. The summed E-state index contributed by atoms with van der Waals surface area (Å²) in [7, 11) is 0. The number of H-pyrrole nitrogens is 1. The second kappa shape index (κ2) is 7.48. The molecule has 0 radical (unpaired) electrons. The molecule has 0 bridgehead atoms. The van der Waals surface area contributed by atoms with Crippen molar-refractivity contribution in [2.24, 2.45) is 0 Å². The van der Waals surface area contributed by atoms with Gasteiger partial charge in [0.05, 0.1) is 29.4 Å². The third-order valence-corrected chi connectivity index (χ3v) is 5.22. The number of pyridine rings is 1. The van der Waals surface area contributed by atoms with Crippen LogP contribution >= 0.6 is 11.6 Å². The number of aliphatic hydroxyl groups excluding tert-OH is 1. The topological polar surface area (TPSA) is 80.3 Å². The molecule has 5 rings (SSSR count). The molecule has 146 valence electrons. The molecular weight excluding hydrogens is 390 g/mol. The van der Waals surface area contributed by atoms with Crippen LogP contribution in [0.2, 0.25) is 5.02 Å². The summed E-state index contributed by atoms with van der Waals surface area (Å²) in [4.78, 5) is 12.0. The first kappa shape index (κ1) is 18.1. The molecule has 2 atom stereocenters. The number of benzene rings is 2. The lowest BCUT2D eigenvalue weighted by Crippen LogP contribution is -2.30. The summed E-state index contributed by atoms with van der Waals surface area (Å²) >= 11 is 6.49. The van der Waals surface area contributed by atoms with Crippen LogP contribution in [0.1, 0.15) is 0 Å². The predicted molar refractivity (Wildman–Crippen MR) is 111 cm³/mol. The Labute approximate surface area is 172 Å². The highest BCUT2D eigenvalue weighted by molar-refractivity contribution is 6.33. The molecular formula is C22H18ClN3O3. The summed E-state index contributed by atoms with van der Waals surface area (Å²) in [6, 6.07) is 20.3. The van der Waals surface area contributed by atoms with E-state index in [4.69, 9.17) is 21.1 Å². The molecule has 2 aromatic carbocycles. The SMILES string of the molecule is O[C@@H]1COC[C@H]1Oc1nc2nc(-c3ccc(-c4ccccc4)cc3)c(Cl)cc2[nH]1. The number of hydrogen-bond donors (Lipinski definition) is 2. The second-order valence-corrected chi connectivity index (χ2v) is 7.34. The first-order valence-electron chi connectivity index (χ1n) is 9.32. The zero-order chi connectivity index (χ0) is 19.8. The average Bonchev–Trinajstić information content (AvgIpc) is 3.33. The van der Waals surface area contributed by atoms with Crippen LogP contribution in [0.3, 0.4) is 0 Å². The van der Waals surface area contributed by atoms with Gasteiger partial charge in [-0.2, -0.15) is 4.98 Å². The van der Waals surface area contributed by atoms with Gasteiger partial charge in [0, 0.05) is 5.56 Å². The Balaban J connectivity index is 1.44.